The average molecular weight is 258 g/mol. The number of nitrogens with zero attached hydrogens (tertiary/aromatic N) is 1. The van der Waals surface area contributed by atoms with E-state index in [0.717, 1.165) is 44.5 Å². The molecule has 2 heterocycles. The van der Waals surface area contributed by atoms with E-state index >= 15 is 0 Å². The van der Waals surface area contributed by atoms with Crippen molar-refractivity contribution in [1.82, 2.24) is 10.3 Å². The van der Waals surface area contributed by atoms with Gasteiger partial charge < -0.3 is 5.32 Å². The number of rotatable bonds is 4. The summed E-state index contributed by atoms with van der Waals surface area (Å²) in [5.41, 5.74) is 2.33. The van der Waals surface area contributed by atoms with Gasteiger partial charge in [-0.05, 0) is 62.7 Å². The number of pyridine rings is 1. The highest BCUT2D eigenvalue weighted by Gasteiger charge is 2.29. The largest absolute Gasteiger partial charge is 0.316 e. The minimum atomic E-state index is 0.0766. The van der Waals surface area contributed by atoms with Crippen LogP contribution in [0.15, 0.2) is 18.3 Å². The number of hydrogen-bond acceptors (Lipinski definition) is 3. The molecule has 0 radical (unpaired) electrons. The molecule has 3 nitrogen and oxygen atoms in total. The molecule has 1 N–H and O–H groups in total. The minimum absolute atomic E-state index is 0.0766. The van der Waals surface area contributed by atoms with Crippen LogP contribution >= 0.6 is 0 Å². The highest BCUT2D eigenvalue weighted by atomic mass is 16.1. The van der Waals surface area contributed by atoms with Crippen molar-refractivity contribution in [3.05, 3.63) is 29.6 Å². The second-order valence-corrected chi connectivity index (χ2v) is 5.86. The molecule has 1 aliphatic heterocycles. The number of nitrogens with one attached hydrogen (secondary N) is 1. The Morgan fingerprint density at radius 2 is 2.37 bits per heavy atom. The summed E-state index contributed by atoms with van der Waals surface area (Å²) in [7, 11) is 0. The van der Waals surface area contributed by atoms with Crippen LogP contribution in [0.1, 0.15) is 49.3 Å². The summed E-state index contributed by atoms with van der Waals surface area (Å²) in [6.07, 6.45) is 8.11. The Kier molecular flexibility index (Phi) is 3.92. The van der Waals surface area contributed by atoms with Gasteiger partial charge in [-0.15, -0.1) is 0 Å². The van der Waals surface area contributed by atoms with Crippen molar-refractivity contribution < 1.29 is 4.79 Å². The fourth-order valence-corrected chi connectivity index (χ4v) is 3.42. The third kappa shape index (κ3) is 2.86. The van der Waals surface area contributed by atoms with E-state index in [1.165, 1.54) is 18.4 Å². The molecule has 0 spiro atoms. The van der Waals surface area contributed by atoms with E-state index in [0.29, 0.717) is 11.7 Å². The van der Waals surface area contributed by atoms with Gasteiger partial charge in [0.05, 0.1) is 11.6 Å². The van der Waals surface area contributed by atoms with Gasteiger partial charge in [-0.25, -0.2) is 0 Å². The Morgan fingerprint density at radius 3 is 3.21 bits per heavy atom. The van der Waals surface area contributed by atoms with Crippen LogP contribution in [0.2, 0.25) is 0 Å². The number of carbonyl (C=O) groups is 1. The van der Waals surface area contributed by atoms with Gasteiger partial charge in [-0.2, -0.15) is 0 Å². The van der Waals surface area contributed by atoms with Gasteiger partial charge in [0.25, 0.3) is 0 Å². The molecule has 3 rings (SSSR count). The summed E-state index contributed by atoms with van der Waals surface area (Å²) < 4.78 is 0. The molecular weight excluding hydrogens is 236 g/mol. The SMILES string of the molecule is O=C(CCC1CCCNC1)C1CCc2cccnc21. The van der Waals surface area contributed by atoms with Gasteiger partial charge >= 0.3 is 0 Å². The molecule has 1 fully saturated rings. The summed E-state index contributed by atoms with van der Waals surface area (Å²) in [4.78, 5) is 16.8. The van der Waals surface area contributed by atoms with E-state index in [-0.39, 0.29) is 5.92 Å². The lowest BCUT2D eigenvalue weighted by molar-refractivity contribution is -0.120. The monoisotopic (exact) mass is 258 g/mol. The van der Waals surface area contributed by atoms with Crippen LogP contribution in [0.3, 0.4) is 0 Å². The van der Waals surface area contributed by atoms with Crippen molar-refractivity contribution in [1.29, 1.82) is 0 Å². The first-order valence-electron chi connectivity index (χ1n) is 7.52. The molecule has 1 aliphatic carbocycles. The number of aryl methyl sites for hydroxylation is 1. The number of hydrogen-bond donors (Lipinski definition) is 1. The second-order valence-electron chi connectivity index (χ2n) is 5.86. The van der Waals surface area contributed by atoms with E-state index in [2.05, 4.69) is 16.4 Å². The molecule has 1 saturated heterocycles. The topological polar surface area (TPSA) is 42.0 Å². The summed E-state index contributed by atoms with van der Waals surface area (Å²) in [5.74, 6) is 1.18. The van der Waals surface area contributed by atoms with Crippen LogP contribution < -0.4 is 5.32 Å². The zero-order chi connectivity index (χ0) is 13.1. The molecule has 0 amide bonds. The predicted molar refractivity (Wildman–Crippen MR) is 75.1 cm³/mol. The Morgan fingerprint density at radius 1 is 1.42 bits per heavy atom. The third-order valence-electron chi connectivity index (χ3n) is 4.55. The van der Waals surface area contributed by atoms with Crippen LogP contribution in [0.25, 0.3) is 0 Å². The van der Waals surface area contributed by atoms with Crippen molar-refractivity contribution in [2.75, 3.05) is 13.1 Å². The number of Topliss-reactive ketones (excluding diaryl/α,β-unsaturated/α-hetero) is 1. The van der Waals surface area contributed by atoms with Crippen molar-refractivity contribution in [3.8, 4) is 0 Å². The average Bonchev–Trinajstić information content (AvgIpc) is 2.90. The molecular formula is C16H22N2O. The summed E-state index contributed by atoms with van der Waals surface area (Å²) in [6.45, 7) is 2.23. The maximum Gasteiger partial charge on any atom is 0.141 e. The number of ketones is 1. The van der Waals surface area contributed by atoms with Crippen molar-refractivity contribution in [3.63, 3.8) is 0 Å². The molecule has 0 bridgehead atoms. The van der Waals surface area contributed by atoms with Crippen LogP contribution in [0.5, 0.6) is 0 Å². The van der Waals surface area contributed by atoms with Gasteiger partial charge in [0.2, 0.25) is 0 Å². The van der Waals surface area contributed by atoms with Crippen LogP contribution in [-0.4, -0.2) is 23.9 Å². The third-order valence-corrected chi connectivity index (χ3v) is 4.55. The maximum atomic E-state index is 12.4. The first-order chi connectivity index (χ1) is 9.34. The molecule has 1 aromatic heterocycles. The summed E-state index contributed by atoms with van der Waals surface area (Å²) in [6, 6.07) is 4.08. The van der Waals surface area contributed by atoms with Gasteiger partial charge in [0.1, 0.15) is 5.78 Å². The zero-order valence-corrected chi connectivity index (χ0v) is 11.4. The lowest BCUT2D eigenvalue weighted by Crippen LogP contribution is -2.30. The molecule has 102 valence electrons. The van der Waals surface area contributed by atoms with Gasteiger partial charge in [-0.1, -0.05) is 6.07 Å². The van der Waals surface area contributed by atoms with E-state index in [9.17, 15) is 4.79 Å². The quantitative estimate of drug-likeness (QED) is 0.902. The molecule has 0 saturated carbocycles. The number of carbonyl (C=O) groups excluding carboxylic acids is 1. The predicted octanol–water partition coefficient (Wildman–Crippen LogP) is 2.46. The van der Waals surface area contributed by atoms with Crippen molar-refractivity contribution >= 4 is 5.78 Å². The van der Waals surface area contributed by atoms with Crippen molar-refractivity contribution in [2.24, 2.45) is 5.92 Å². The van der Waals surface area contributed by atoms with E-state index in [1.807, 2.05) is 12.3 Å². The van der Waals surface area contributed by atoms with Gasteiger partial charge in [-0.3, -0.25) is 9.78 Å². The molecule has 19 heavy (non-hydrogen) atoms. The highest BCUT2D eigenvalue weighted by molar-refractivity contribution is 5.86. The number of piperidine rings is 1. The lowest BCUT2D eigenvalue weighted by atomic mass is 9.90. The maximum absolute atomic E-state index is 12.4. The first-order valence-corrected chi connectivity index (χ1v) is 7.52. The molecule has 2 atom stereocenters. The normalized spacial score (nSPS) is 26.1. The van der Waals surface area contributed by atoms with E-state index < -0.39 is 0 Å². The van der Waals surface area contributed by atoms with E-state index in [4.69, 9.17) is 0 Å². The Labute approximate surface area is 114 Å². The standard InChI is InChI=1S/C16H22N2O/c19-15(8-5-12-3-1-9-17-11-12)14-7-6-13-4-2-10-18-16(13)14/h2,4,10,12,14,17H,1,3,5-9,11H2. The Balaban J connectivity index is 1.56. The van der Waals surface area contributed by atoms with Crippen LogP contribution in [0, 0.1) is 5.92 Å². The fraction of sp³-hybridized carbons (Fsp3) is 0.625. The minimum Gasteiger partial charge on any atom is -0.316 e. The molecule has 1 aromatic rings. The van der Waals surface area contributed by atoms with Crippen LogP contribution in [0.4, 0.5) is 0 Å². The smallest absolute Gasteiger partial charge is 0.141 e. The molecule has 2 unspecified atom stereocenters. The number of aromatic nitrogens is 1. The summed E-state index contributed by atoms with van der Waals surface area (Å²) >= 11 is 0. The number of fused-ring (bicyclic) bond motifs is 1. The summed E-state index contributed by atoms with van der Waals surface area (Å²) in [5, 5.41) is 3.42. The molecule has 0 aromatic carbocycles. The molecule has 3 heteroatoms. The Bertz CT molecular complexity index is 452. The van der Waals surface area contributed by atoms with Gasteiger partial charge in [0, 0.05) is 12.6 Å². The fourth-order valence-electron chi connectivity index (χ4n) is 3.42. The lowest BCUT2D eigenvalue weighted by Gasteiger charge is -2.22. The highest BCUT2D eigenvalue weighted by Crippen LogP contribution is 2.33. The second kappa shape index (κ2) is 5.83. The zero-order valence-electron chi connectivity index (χ0n) is 11.4. The van der Waals surface area contributed by atoms with Crippen molar-refractivity contribution in [2.45, 2.75) is 44.4 Å². The Hall–Kier alpha value is -1.22. The van der Waals surface area contributed by atoms with Crippen LogP contribution in [-0.2, 0) is 11.2 Å². The first kappa shape index (κ1) is 12.8. The molecule has 2 aliphatic rings. The van der Waals surface area contributed by atoms with E-state index in [1.54, 1.807) is 0 Å². The van der Waals surface area contributed by atoms with Gasteiger partial charge in [0.15, 0.2) is 0 Å².